The van der Waals surface area contributed by atoms with Gasteiger partial charge in [-0.2, -0.15) is 13.2 Å². The monoisotopic (exact) mass is 492 g/mol. The Morgan fingerprint density at radius 2 is 2.00 bits per heavy atom. The van der Waals surface area contributed by atoms with Gasteiger partial charge in [0.2, 0.25) is 0 Å². The van der Waals surface area contributed by atoms with Crippen LogP contribution in [0.4, 0.5) is 23.7 Å². The van der Waals surface area contributed by atoms with Gasteiger partial charge in [-0.1, -0.05) is 17.7 Å². The first-order chi connectivity index (χ1) is 14.9. The standard InChI is InChI=1S/C19H20ClF3N4O4S/c1-12-10-26(6-7-27(12)18(28)29)11-13-2-3-14(8-16(13)19(21,22)23)25-32(30,31)15-4-5-17(20)24-9-15/h2-5,8-9,12,25H,6-7,10-11H2,1H3,(H,28,29)/t12-/m0/s1. The number of nitrogens with one attached hydrogen (secondary N) is 1. The van der Waals surface area contributed by atoms with E-state index in [2.05, 4.69) is 9.71 Å². The molecule has 0 unspecified atom stereocenters. The number of piperazine rings is 1. The molecule has 3 rings (SSSR count). The van der Waals surface area contributed by atoms with Crippen molar-refractivity contribution in [3.63, 3.8) is 0 Å². The number of carbonyl (C=O) groups is 1. The number of amides is 1. The Labute approximate surface area is 187 Å². The molecule has 1 aliphatic rings. The third-order valence-electron chi connectivity index (χ3n) is 5.03. The summed E-state index contributed by atoms with van der Waals surface area (Å²) in [4.78, 5) is 17.6. The summed E-state index contributed by atoms with van der Waals surface area (Å²) in [6, 6.07) is 5.29. The fraction of sp³-hybridized carbons (Fsp3) is 0.368. The van der Waals surface area contributed by atoms with Gasteiger partial charge in [0.05, 0.1) is 5.56 Å². The summed E-state index contributed by atoms with van der Waals surface area (Å²) in [7, 11) is -4.16. The molecule has 0 aliphatic carbocycles. The average Bonchev–Trinajstić information content (AvgIpc) is 2.68. The highest BCUT2D eigenvalue weighted by molar-refractivity contribution is 7.92. The molecular formula is C19H20ClF3N4O4S. The van der Waals surface area contributed by atoms with Gasteiger partial charge in [0, 0.05) is 44.1 Å². The minimum Gasteiger partial charge on any atom is -0.465 e. The minimum atomic E-state index is -4.72. The van der Waals surface area contributed by atoms with Crippen LogP contribution in [0.1, 0.15) is 18.1 Å². The van der Waals surface area contributed by atoms with E-state index in [-0.39, 0.29) is 53.5 Å². The van der Waals surface area contributed by atoms with Gasteiger partial charge in [-0.15, -0.1) is 0 Å². The maximum atomic E-state index is 13.7. The second-order valence-electron chi connectivity index (χ2n) is 7.35. The third-order valence-corrected chi connectivity index (χ3v) is 6.62. The van der Waals surface area contributed by atoms with E-state index in [1.54, 1.807) is 11.8 Å². The largest absolute Gasteiger partial charge is 0.465 e. The van der Waals surface area contributed by atoms with E-state index in [1.165, 1.54) is 29.2 Å². The Hall–Kier alpha value is -2.57. The Morgan fingerprint density at radius 3 is 2.56 bits per heavy atom. The van der Waals surface area contributed by atoms with E-state index < -0.39 is 27.9 Å². The predicted octanol–water partition coefficient (Wildman–Crippen LogP) is 3.74. The summed E-state index contributed by atoms with van der Waals surface area (Å²) in [6.07, 6.45) is -4.78. The molecule has 1 aromatic heterocycles. The van der Waals surface area contributed by atoms with E-state index in [9.17, 15) is 26.4 Å². The number of rotatable bonds is 5. The second kappa shape index (κ2) is 9.12. The van der Waals surface area contributed by atoms with Crippen molar-refractivity contribution < 1.29 is 31.5 Å². The maximum absolute atomic E-state index is 13.7. The molecule has 32 heavy (non-hydrogen) atoms. The van der Waals surface area contributed by atoms with Gasteiger partial charge in [0.1, 0.15) is 10.0 Å². The Balaban J connectivity index is 1.82. The zero-order valence-corrected chi connectivity index (χ0v) is 18.4. The highest BCUT2D eigenvalue weighted by atomic mass is 35.5. The zero-order valence-electron chi connectivity index (χ0n) is 16.8. The molecule has 174 valence electrons. The molecule has 2 N–H and O–H groups in total. The summed E-state index contributed by atoms with van der Waals surface area (Å²) in [5.74, 6) is 0. The van der Waals surface area contributed by atoms with Crippen LogP contribution in [0.25, 0.3) is 0 Å². The van der Waals surface area contributed by atoms with Crippen molar-refractivity contribution in [2.24, 2.45) is 0 Å². The van der Waals surface area contributed by atoms with Crippen molar-refractivity contribution in [3.05, 3.63) is 52.8 Å². The molecule has 0 saturated carbocycles. The number of halogens is 4. The van der Waals surface area contributed by atoms with Crippen LogP contribution in [0, 0.1) is 0 Å². The average molecular weight is 493 g/mol. The van der Waals surface area contributed by atoms with Crippen molar-refractivity contribution in [2.75, 3.05) is 24.4 Å². The number of benzene rings is 1. The molecule has 0 bridgehead atoms. The number of carboxylic acid groups (broad SMARTS) is 1. The van der Waals surface area contributed by atoms with E-state index in [1.807, 2.05) is 0 Å². The molecule has 1 atom stereocenters. The predicted molar refractivity (Wildman–Crippen MR) is 111 cm³/mol. The third kappa shape index (κ3) is 5.61. The molecule has 13 heteroatoms. The van der Waals surface area contributed by atoms with Crippen molar-refractivity contribution in [1.29, 1.82) is 0 Å². The fourth-order valence-electron chi connectivity index (χ4n) is 3.48. The van der Waals surface area contributed by atoms with Gasteiger partial charge in [-0.25, -0.2) is 18.2 Å². The number of nitrogens with zero attached hydrogens (tertiary/aromatic N) is 3. The van der Waals surface area contributed by atoms with Crippen LogP contribution in [-0.4, -0.2) is 60.1 Å². The number of aromatic nitrogens is 1. The number of hydrogen-bond acceptors (Lipinski definition) is 5. The SMILES string of the molecule is C[C@H]1CN(Cc2ccc(NS(=O)(=O)c3ccc(Cl)nc3)cc2C(F)(F)F)CCN1C(=O)O. The van der Waals surface area contributed by atoms with Gasteiger partial charge in [-0.05, 0) is 36.8 Å². The van der Waals surface area contributed by atoms with E-state index in [0.717, 1.165) is 12.3 Å². The molecule has 1 aliphatic heterocycles. The lowest BCUT2D eigenvalue weighted by atomic mass is 10.0. The van der Waals surface area contributed by atoms with Crippen LogP contribution in [-0.2, 0) is 22.7 Å². The molecule has 2 heterocycles. The fourth-order valence-corrected chi connectivity index (χ4v) is 4.58. The highest BCUT2D eigenvalue weighted by Crippen LogP contribution is 2.35. The number of anilines is 1. The highest BCUT2D eigenvalue weighted by Gasteiger charge is 2.35. The molecule has 2 aromatic rings. The van der Waals surface area contributed by atoms with Gasteiger partial charge in [0.25, 0.3) is 10.0 Å². The first-order valence-corrected chi connectivity index (χ1v) is 11.3. The van der Waals surface area contributed by atoms with E-state index in [4.69, 9.17) is 16.7 Å². The summed E-state index contributed by atoms with van der Waals surface area (Å²) >= 11 is 5.64. The quantitative estimate of drug-likeness (QED) is 0.616. The van der Waals surface area contributed by atoms with Crippen molar-refractivity contribution in [3.8, 4) is 0 Å². The topological polar surface area (TPSA) is 103 Å². The number of alkyl halides is 3. The van der Waals surface area contributed by atoms with Crippen LogP contribution in [0.5, 0.6) is 0 Å². The van der Waals surface area contributed by atoms with Crippen LogP contribution >= 0.6 is 11.6 Å². The normalized spacial score (nSPS) is 17.9. The Bertz CT molecular complexity index is 1100. The number of sulfonamides is 1. The number of pyridine rings is 1. The minimum absolute atomic E-state index is 0.0374. The van der Waals surface area contributed by atoms with Crippen LogP contribution in [0.15, 0.2) is 41.4 Å². The Morgan fingerprint density at radius 1 is 1.28 bits per heavy atom. The summed E-state index contributed by atoms with van der Waals surface area (Å²) in [5.41, 5.74) is -1.26. The summed E-state index contributed by atoms with van der Waals surface area (Å²) in [6.45, 7) is 2.38. The first kappa shape index (κ1) is 24.1. The molecule has 0 radical (unpaired) electrons. The number of hydrogen-bond donors (Lipinski definition) is 2. The van der Waals surface area contributed by atoms with Crippen molar-refractivity contribution in [2.45, 2.75) is 30.6 Å². The summed E-state index contributed by atoms with van der Waals surface area (Å²) < 4.78 is 68.2. The molecule has 1 aromatic carbocycles. The molecule has 1 amide bonds. The van der Waals surface area contributed by atoms with Gasteiger partial charge in [0.15, 0.2) is 0 Å². The lowest BCUT2D eigenvalue weighted by Crippen LogP contribution is -2.53. The first-order valence-electron chi connectivity index (χ1n) is 9.43. The molecule has 0 spiro atoms. The zero-order chi connectivity index (χ0) is 23.7. The van der Waals surface area contributed by atoms with Gasteiger partial charge in [-0.3, -0.25) is 9.62 Å². The van der Waals surface area contributed by atoms with E-state index >= 15 is 0 Å². The van der Waals surface area contributed by atoms with Crippen LogP contribution < -0.4 is 4.72 Å². The van der Waals surface area contributed by atoms with Gasteiger partial charge < -0.3 is 10.0 Å². The second-order valence-corrected chi connectivity index (χ2v) is 9.42. The smallest absolute Gasteiger partial charge is 0.416 e. The van der Waals surface area contributed by atoms with Gasteiger partial charge >= 0.3 is 12.3 Å². The van der Waals surface area contributed by atoms with Crippen molar-refractivity contribution >= 4 is 33.4 Å². The molecular weight excluding hydrogens is 473 g/mol. The Kier molecular flexibility index (Phi) is 6.86. The summed E-state index contributed by atoms with van der Waals surface area (Å²) in [5, 5.41) is 9.22. The van der Waals surface area contributed by atoms with Crippen LogP contribution in [0.2, 0.25) is 5.15 Å². The van der Waals surface area contributed by atoms with Crippen molar-refractivity contribution in [1.82, 2.24) is 14.8 Å². The van der Waals surface area contributed by atoms with E-state index in [0.29, 0.717) is 0 Å². The molecule has 8 nitrogen and oxygen atoms in total. The van der Waals surface area contributed by atoms with Crippen LogP contribution in [0.3, 0.4) is 0 Å². The molecule has 1 fully saturated rings. The lowest BCUT2D eigenvalue weighted by molar-refractivity contribution is -0.138. The molecule has 1 saturated heterocycles. The maximum Gasteiger partial charge on any atom is 0.416 e. The lowest BCUT2D eigenvalue weighted by Gasteiger charge is -2.38.